The number of benzene rings is 1. The molecule has 5 nitrogen and oxygen atoms in total. The Labute approximate surface area is 149 Å². The topological polar surface area (TPSA) is 47.4 Å². The molecule has 1 aromatic carbocycles. The predicted octanol–water partition coefficient (Wildman–Crippen LogP) is 3.61. The minimum atomic E-state index is 0.126. The van der Waals surface area contributed by atoms with Gasteiger partial charge in [0.15, 0.2) is 0 Å². The monoisotopic (exact) mass is 341 g/mol. The number of nitrogens with zero attached hydrogens (tertiary/aromatic N) is 3. The fourth-order valence-electron chi connectivity index (χ4n) is 3.22. The zero-order chi connectivity index (χ0) is 17.5. The third kappa shape index (κ3) is 4.84. The number of hydrogen-bond acceptors (Lipinski definition) is 3. The Morgan fingerprint density at radius 2 is 2.00 bits per heavy atom. The first-order valence-electron chi connectivity index (χ1n) is 9.24. The van der Waals surface area contributed by atoms with Crippen molar-refractivity contribution in [3.63, 3.8) is 0 Å². The highest BCUT2D eigenvalue weighted by molar-refractivity contribution is 5.94. The van der Waals surface area contributed by atoms with E-state index in [0.717, 1.165) is 63.2 Å². The number of imidazole rings is 1. The van der Waals surface area contributed by atoms with Crippen molar-refractivity contribution in [2.24, 2.45) is 5.92 Å². The van der Waals surface area contributed by atoms with Crippen LogP contribution in [0.2, 0.25) is 0 Å². The predicted molar refractivity (Wildman–Crippen MR) is 97.7 cm³/mol. The molecule has 1 aromatic heterocycles. The molecule has 0 atom stereocenters. The van der Waals surface area contributed by atoms with E-state index >= 15 is 0 Å². The van der Waals surface area contributed by atoms with E-state index in [4.69, 9.17) is 4.74 Å². The van der Waals surface area contributed by atoms with Gasteiger partial charge in [0.2, 0.25) is 0 Å². The van der Waals surface area contributed by atoms with E-state index in [-0.39, 0.29) is 5.91 Å². The summed E-state index contributed by atoms with van der Waals surface area (Å²) in [5.74, 6) is 1.58. The second-order valence-corrected chi connectivity index (χ2v) is 6.72. The van der Waals surface area contributed by atoms with Crippen LogP contribution >= 0.6 is 0 Å². The average Bonchev–Trinajstić information content (AvgIpc) is 3.16. The molecule has 0 spiro atoms. The van der Waals surface area contributed by atoms with Crippen molar-refractivity contribution in [3.8, 4) is 5.75 Å². The number of ether oxygens (including phenoxy) is 1. The largest absolute Gasteiger partial charge is 0.494 e. The Morgan fingerprint density at radius 1 is 1.24 bits per heavy atom. The van der Waals surface area contributed by atoms with Crippen LogP contribution in [-0.4, -0.2) is 40.1 Å². The van der Waals surface area contributed by atoms with E-state index in [2.05, 4.69) is 16.5 Å². The summed E-state index contributed by atoms with van der Waals surface area (Å²) in [4.78, 5) is 18.7. The van der Waals surface area contributed by atoms with Gasteiger partial charge in [-0.2, -0.15) is 0 Å². The van der Waals surface area contributed by atoms with Gasteiger partial charge in [0.05, 0.1) is 12.9 Å². The molecule has 134 valence electrons. The van der Waals surface area contributed by atoms with E-state index < -0.39 is 0 Å². The number of aromatic nitrogens is 2. The maximum Gasteiger partial charge on any atom is 0.253 e. The van der Waals surface area contributed by atoms with Gasteiger partial charge >= 0.3 is 0 Å². The quantitative estimate of drug-likeness (QED) is 0.723. The maximum atomic E-state index is 12.7. The number of rotatable bonds is 7. The van der Waals surface area contributed by atoms with Crippen molar-refractivity contribution >= 4 is 5.91 Å². The summed E-state index contributed by atoms with van der Waals surface area (Å²) >= 11 is 0. The summed E-state index contributed by atoms with van der Waals surface area (Å²) in [6.45, 7) is 5.52. The number of piperidine rings is 1. The fraction of sp³-hybridized carbons (Fsp3) is 0.500. The van der Waals surface area contributed by atoms with Crippen LogP contribution in [0.15, 0.2) is 43.0 Å². The molecule has 5 heteroatoms. The van der Waals surface area contributed by atoms with Crippen LogP contribution < -0.4 is 4.74 Å². The smallest absolute Gasteiger partial charge is 0.253 e. The van der Waals surface area contributed by atoms with Crippen LogP contribution in [0.1, 0.15) is 43.0 Å². The Balaban J connectivity index is 1.48. The standard InChI is InChI=1S/C20H27N3O2/c1-2-3-14-25-19-6-4-18(5-7-19)20(24)23-11-8-17(9-12-23)15-22-13-10-21-16-22/h4-7,10,13,16-17H,2-3,8-9,11-12,14-15H2,1H3. The number of amides is 1. The number of unbranched alkanes of at least 4 members (excludes halogenated alkanes) is 1. The molecule has 3 rings (SSSR count). The third-order valence-corrected chi connectivity index (χ3v) is 4.80. The summed E-state index contributed by atoms with van der Waals surface area (Å²) in [7, 11) is 0. The molecule has 1 fully saturated rings. The Bertz CT molecular complexity index is 644. The van der Waals surface area contributed by atoms with E-state index in [1.165, 1.54) is 0 Å². The molecule has 1 amide bonds. The lowest BCUT2D eigenvalue weighted by atomic mass is 9.96. The SMILES string of the molecule is CCCCOc1ccc(C(=O)N2CCC(Cn3ccnc3)CC2)cc1. The van der Waals surface area contributed by atoms with E-state index in [1.54, 1.807) is 0 Å². The van der Waals surface area contributed by atoms with Gasteiger partial charge in [-0.25, -0.2) is 4.98 Å². The number of carbonyl (C=O) groups excluding carboxylic acids is 1. The Hall–Kier alpha value is -2.30. The van der Waals surface area contributed by atoms with Crippen molar-refractivity contribution < 1.29 is 9.53 Å². The molecule has 25 heavy (non-hydrogen) atoms. The van der Waals surface area contributed by atoms with Crippen LogP contribution in [0.25, 0.3) is 0 Å². The van der Waals surface area contributed by atoms with Crippen LogP contribution in [0.5, 0.6) is 5.75 Å². The molecule has 2 aromatic rings. The van der Waals surface area contributed by atoms with Gasteiger partial charge in [0.1, 0.15) is 5.75 Å². The first-order valence-corrected chi connectivity index (χ1v) is 9.24. The van der Waals surface area contributed by atoms with Gasteiger partial charge < -0.3 is 14.2 Å². The Morgan fingerprint density at radius 3 is 2.64 bits per heavy atom. The minimum absolute atomic E-state index is 0.126. The second kappa shape index (κ2) is 8.70. The molecule has 0 N–H and O–H groups in total. The minimum Gasteiger partial charge on any atom is -0.494 e. The first kappa shape index (κ1) is 17.5. The highest BCUT2D eigenvalue weighted by atomic mass is 16.5. The maximum absolute atomic E-state index is 12.7. The number of likely N-dealkylation sites (tertiary alicyclic amines) is 1. The molecule has 1 aliphatic heterocycles. The second-order valence-electron chi connectivity index (χ2n) is 6.72. The number of carbonyl (C=O) groups is 1. The highest BCUT2D eigenvalue weighted by Crippen LogP contribution is 2.21. The highest BCUT2D eigenvalue weighted by Gasteiger charge is 2.23. The summed E-state index contributed by atoms with van der Waals surface area (Å²) < 4.78 is 7.78. The van der Waals surface area contributed by atoms with Crippen molar-refractivity contribution in [2.45, 2.75) is 39.2 Å². The van der Waals surface area contributed by atoms with Gasteiger partial charge in [0, 0.05) is 37.6 Å². The molecule has 1 aliphatic rings. The fourth-order valence-corrected chi connectivity index (χ4v) is 3.22. The van der Waals surface area contributed by atoms with Crippen LogP contribution in [0.4, 0.5) is 0 Å². The van der Waals surface area contributed by atoms with Gasteiger partial charge in [0.25, 0.3) is 5.91 Å². The van der Waals surface area contributed by atoms with Gasteiger partial charge in [-0.05, 0) is 49.4 Å². The molecule has 0 bridgehead atoms. The third-order valence-electron chi connectivity index (χ3n) is 4.80. The number of hydrogen-bond donors (Lipinski definition) is 0. The van der Waals surface area contributed by atoms with E-state index in [9.17, 15) is 4.79 Å². The molecule has 0 unspecified atom stereocenters. The van der Waals surface area contributed by atoms with Crippen molar-refractivity contribution in [1.82, 2.24) is 14.5 Å². The van der Waals surface area contributed by atoms with Gasteiger partial charge in [-0.1, -0.05) is 13.3 Å². The van der Waals surface area contributed by atoms with E-state index in [0.29, 0.717) is 5.92 Å². The van der Waals surface area contributed by atoms with Gasteiger partial charge in [-0.3, -0.25) is 4.79 Å². The van der Waals surface area contributed by atoms with Crippen LogP contribution in [0, 0.1) is 5.92 Å². The lowest BCUT2D eigenvalue weighted by molar-refractivity contribution is 0.0683. The summed E-state index contributed by atoms with van der Waals surface area (Å²) in [5.41, 5.74) is 0.746. The summed E-state index contributed by atoms with van der Waals surface area (Å²) in [5, 5.41) is 0. The zero-order valence-corrected chi connectivity index (χ0v) is 14.9. The molecule has 0 saturated carbocycles. The zero-order valence-electron chi connectivity index (χ0n) is 14.9. The lowest BCUT2D eigenvalue weighted by Gasteiger charge is -2.32. The molecular formula is C20H27N3O2. The molecule has 1 saturated heterocycles. The average molecular weight is 341 g/mol. The first-order chi connectivity index (χ1) is 12.3. The lowest BCUT2D eigenvalue weighted by Crippen LogP contribution is -2.39. The Kier molecular flexibility index (Phi) is 6.09. The molecular weight excluding hydrogens is 314 g/mol. The van der Waals surface area contributed by atoms with E-state index in [1.807, 2.05) is 47.9 Å². The normalized spacial score (nSPS) is 15.3. The summed E-state index contributed by atoms with van der Waals surface area (Å²) in [6, 6.07) is 7.55. The van der Waals surface area contributed by atoms with Crippen molar-refractivity contribution in [2.75, 3.05) is 19.7 Å². The van der Waals surface area contributed by atoms with Crippen LogP contribution in [0.3, 0.4) is 0 Å². The van der Waals surface area contributed by atoms with Gasteiger partial charge in [-0.15, -0.1) is 0 Å². The van der Waals surface area contributed by atoms with Crippen LogP contribution in [-0.2, 0) is 6.54 Å². The molecule has 0 radical (unpaired) electrons. The van der Waals surface area contributed by atoms with Crippen molar-refractivity contribution in [1.29, 1.82) is 0 Å². The van der Waals surface area contributed by atoms with Crippen molar-refractivity contribution in [3.05, 3.63) is 48.5 Å². The molecule has 2 heterocycles. The summed E-state index contributed by atoms with van der Waals surface area (Å²) in [6.07, 6.45) is 9.93. The molecule has 0 aliphatic carbocycles.